The molecule has 0 radical (unpaired) electrons. The first kappa shape index (κ1) is 18.1. The SMILES string of the molecule is COc1ccc(S(=O)N2C=C(F)C(N)N(Cc3ccccc3)C2=O)cc1. The number of nitrogens with two attached hydrogens (primary N) is 1. The Bertz CT molecular complexity index is 843. The quantitative estimate of drug-likeness (QED) is 0.872. The molecular weight excluding hydrogens is 357 g/mol. The van der Waals surface area contributed by atoms with Crippen molar-refractivity contribution in [3.8, 4) is 5.75 Å². The Morgan fingerprint density at radius 2 is 1.81 bits per heavy atom. The first-order chi connectivity index (χ1) is 12.5. The summed E-state index contributed by atoms with van der Waals surface area (Å²) in [5.41, 5.74) is 6.61. The molecule has 2 N–H and O–H groups in total. The summed E-state index contributed by atoms with van der Waals surface area (Å²) in [7, 11) is -0.395. The average molecular weight is 375 g/mol. The fourth-order valence-corrected chi connectivity index (χ4v) is 3.55. The third kappa shape index (κ3) is 3.61. The van der Waals surface area contributed by atoms with Crippen LogP contribution in [0.15, 0.2) is 71.5 Å². The Balaban J connectivity index is 1.86. The number of methoxy groups -OCH3 is 1. The van der Waals surface area contributed by atoms with E-state index < -0.39 is 29.0 Å². The van der Waals surface area contributed by atoms with Crippen molar-refractivity contribution in [2.75, 3.05) is 7.11 Å². The Morgan fingerprint density at radius 3 is 2.42 bits per heavy atom. The second-order valence-electron chi connectivity index (χ2n) is 5.61. The van der Waals surface area contributed by atoms with Crippen LogP contribution in [0.1, 0.15) is 5.56 Å². The lowest BCUT2D eigenvalue weighted by Crippen LogP contribution is -2.54. The molecule has 26 heavy (non-hydrogen) atoms. The van der Waals surface area contributed by atoms with E-state index in [9.17, 15) is 13.4 Å². The van der Waals surface area contributed by atoms with E-state index in [1.807, 2.05) is 18.2 Å². The van der Waals surface area contributed by atoms with Gasteiger partial charge in [0.05, 0.1) is 18.2 Å². The van der Waals surface area contributed by atoms with Crippen LogP contribution in [-0.4, -0.2) is 32.7 Å². The molecule has 3 rings (SSSR count). The van der Waals surface area contributed by atoms with E-state index in [4.69, 9.17) is 10.5 Å². The topological polar surface area (TPSA) is 75.9 Å². The molecule has 1 aliphatic heterocycles. The Kier molecular flexibility index (Phi) is 5.34. The lowest BCUT2D eigenvalue weighted by Gasteiger charge is -2.35. The average Bonchev–Trinajstić information content (AvgIpc) is 2.68. The molecular formula is C18H18FN3O3S. The highest BCUT2D eigenvalue weighted by atomic mass is 32.2. The molecule has 0 bridgehead atoms. The number of urea groups is 1. The highest BCUT2D eigenvalue weighted by Gasteiger charge is 2.36. The highest BCUT2D eigenvalue weighted by Crippen LogP contribution is 2.25. The first-order valence-electron chi connectivity index (χ1n) is 7.83. The Hall–Kier alpha value is -2.71. The number of carbonyl (C=O) groups is 1. The maximum atomic E-state index is 14.3. The normalized spacial score (nSPS) is 18.5. The Labute approximate surface area is 153 Å². The minimum Gasteiger partial charge on any atom is -0.497 e. The van der Waals surface area contributed by atoms with Gasteiger partial charge in [-0.15, -0.1) is 0 Å². The molecule has 0 fully saturated rings. The van der Waals surface area contributed by atoms with Crippen LogP contribution in [0.4, 0.5) is 9.18 Å². The van der Waals surface area contributed by atoms with Gasteiger partial charge in [-0.05, 0) is 29.8 Å². The van der Waals surface area contributed by atoms with Gasteiger partial charge >= 0.3 is 6.03 Å². The first-order valence-corrected chi connectivity index (χ1v) is 8.94. The molecule has 2 amide bonds. The van der Waals surface area contributed by atoms with E-state index >= 15 is 0 Å². The summed E-state index contributed by atoms with van der Waals surface area (Å²) in [5.74, 6) is -0.146. The van der Waals surface area contributed by atoms with Gasteiger partial charge in [-0.3, -0.25) is 4.90 Å². The number of amides is 2. The van der Waals surface area contributed by atoms with Crippen molar-refractivity contribution < 1.29 is 18.1 Å². The van der Waals surface area contributed by atoms with Crippen molar-refractivity contribution in [3.05, 3.63) is 72.2 Å². The number of hydrogen-bond acceptors (Lipinski definition) is 4. The van der Waals surface area contributed by atoms with Gasteiger partial charge in [-0.2, -0.15) is 0 Å². The summed E-state index contributed by atoms with van der Waals surface area (Å²) < 4.78 is 33.0. The summed E-state index contributed by atoms with van der Waals surface area (Å²) in [6, 6.07) is 14.8. The van der Waals surface area contributed by atoms with Crippen LogP contribution < -0.4 is 10.5 Å². The zero-order chi connectivity index (χ0) is 18.7. The predicted octanol–water partition coefficient (Wildman–Crippen LogP) is 2.75. The van der Waals surface area contributed by atoms with Gasteiger partial charge in [0, 0.05) is 6.54 Å². The minimum atomic E-state index is -1.91. The molecule has 0 saturated heterocycles. The summed E-state index contributed by atoms with van der Waals surface area (Å²) in [6.45, 7) is 0.110. The number of rotatable bonds is 5. The zero-order valence-corrected chi connectivity index (χ0v) is 14.9. The number of benzene rings is 2. The van der Waals surface area contributed by atoms with Crippen LogP contribution in [0.3, 0.4) is 0 Å². The lowest BCUT2D eigenvalue weighted by molar-refractivity contribution is 0.152. The number of hydrogen-bond donors (Lipinski definition) is 1. The van der Waals surface area contributed by atoms with Crippen molar-refractivity contribution in [1.29, 1.82) is 0 Å². The summed E-state index contributed by atoms with van der Waals surface area (Å²) in [6.07, 6.45) is -0.318. The van der Waals surface area contributed by atoms with Gasteiger partial charge in [-0.25, -0.2) is 17.7 Å². The van der Waals surface area contributed by atoms with E-state index in [2.05, 4.69) is 0 Å². The van der Waals surface area contributed by atoms with E-state index in [1.54, 1.807) is 36.4 Å². The molecule has 1 heterocycles. The highest BCUT2D eigenvalue weighted by molar-refractivity contribution is 7.83. The predicted molar refractivity (Wildman–Crippen MR) is 95.8 cm³/mol. The number of carbonyl (C=O) groups excluding carboxylic acids is 1. The maximum absolute atomic E-state index is 14.3. The van der Waals surface area contributed by atoms with Crippen LogP contribution in [0.25, 0.3) is 0 Å². The minimum absolute atomic E-state index is 0.110. The van der Waals surface area contributed by atoms with Crippen molar-refractivity contribution in [3.63, 3.8) is 0 Å². The van der Waals surface area contributed by atoms with Gasteiger partial charge in [0.1, 0.15) is 11.9 Å². The van der Waals surface area contributed by atoms with Crippen LogP contribution in [0.2, 0.25) is 0 Å². The molecule has 2 aromatic rings. The van der Waals surface area contributed by atoms with Crippen molar-refractivity contribution in [1.82, 2.24) is 9.21 Å². The number of ether oxygens (including phenoxy) is 1. The van der Waals surface area contributed by atoms with Crippen molar-refractivity contribution >= 4 is 17.0 Å². The van der Waals surface area contributed by atoms with Crippen LogP contribution in [0.5, 0.6) is 5.75 Å². The smallest absolute Gasteiger partial charge is 0.338 e. The number of nitrogens with zero attached hydrogens (tertiary/aromatic N) is 2. The second-order valence-corrected chi connectivity index (χ2v) is 6.97. The van der Waals surface area contributed by atoms with Crippen molar-refractivity contribution in [2.24, 2.45) is 5.73 Å². The van der Waals surface area contributed by atoms with E-state index in [0.717, 1.165) is 21.0 Å². The summed E-state index contributed by atoms with van der Waals surface area (Å²) in [5, 5.41) is 0. The van der Waals surface area contributed by atoms with Gasteiger partial charge in [0.25, 0.3) is 0 Å². The molecule has 0 saturated carbocycles. The third-order valence-corrected chi connectivity index (χ3v) is 5.22. The van der Waals surface area contributed by atoms with Crippen LogP contribution >= 0.6 is 0 Å². The molecule has 0 spiro atoms. The van der Waals surface area contributed by atoms with Gasteiger partial charge in [0.2, 0.25) is 0 Å². The molecule has 8 heteroatoms. The van der Waals surface area contributed by atoms with Crippen LogP contribution in [-0.2, 0) is 17.5 Å². The van der Waals surface area contributed by atoms with Gasteiger partial charge < -0.3 is 10.5 Å². The zero-order valence-electron chi connectivity index (χ0n) is 14.0. The molecule has 1 aliphatic rings. The molecule has 136 valence electrons. The van der Waals surface area contributed by atoms with Gasteiger partial charge in [0.15, 0.2) is 16.8 Å². The second kappa shape index (κ2) is 7.67. The monoisotopic (exact) mass is 375 g/mol. The molecule has 2 unspecified atom stereocenters. The lowest BCUT2D eigenvalue weighted by atomic mass is 10.2. The van der Waals surface area contributed by atoms with E-state index in [0.29, 0.717) is 10.6 Å². The summed E-state index contributed by atoms with van der Waals surface area (Å²) in [4.78, 5) is 14.3. The van der Waals surface area contributed by atoms with Crippen molar-refractivity contribution in [2.45, 2.75) is 17.6 Å². The Morgan fingerprint density at radius 1 is 1.15 bits per heavy atom. The maximum Gasteiger partial charge on any atom is 0.338 e. The molecule has 0 aromatic heterocycles. The largest absolute Gasteiger partial charge is 0.497 e. The standard InChI is InChI=1S/C18H18FN3O3S/c1-25-14-7-9-15(10-8-14)26(24)22-12-16(19)17(20)21(18(22)23)11-13-5-3-2-4-6-13/h2-10,12,17H,11,20H2,1H3. The third-order valence-electron chi connectivity index (χ3n) is 3.93. The molecule has 2 atom stereocenters. The fourth-order valence-electron chi connectivity index (χ4n) is 2.51. The fraction of sp³-hybridized carbons (Fsp3) is 0.167. The van der Waals surface area contributed by atoms with E-state index in [1.165, 1.54) is 7.11 Å². The summed E-state index contributed by atoms with van der Waals surface area (Å²) >= 11 is 0. The molecule has 6 nitrogen and oxygen atoms in total. The van der Waals surface area contributed by atoms with Gasteiger partial charge in [-0.1, -0.05) is 30.3 Å². The molecule has 2 aromatic carbocycles. The molecule has 0 aliphatic carbocycles. The van der Waals surface area contributed by atoms with Crippen LogP contribution in [0, 0.1) is 0 Å². The van der Waals surface area contributed by atoms with E-state index in [-0.39, 0.29) is 6.54 Å². The number of halogens is 1.